The zero-order chi connectivity index (χ0) is 15.6. The van der Waals surface area contributed by atoms with Crippen molar-refractivity contribution in [3.05, 3.63) is 42.1 Å². The van der Waals surface area contributed by atoms with E-state index < -0.39 is 0 Å². The summed E-state index contributed by atoms with van der Waals surface area (Å²) in [5, 5.41) is 16.9. The van der Waals surface area contributed by atoms with Crippen molar-refractivity contribution in [2.24, 2.45) is 0 Å². The minimum atomic E-state index is 0.485. The molecule has 4 heteroatoms. The molecule has 0 amide bonds. The smallest absolute Gasteiger partial charge is 0.0968 e. The molecule has 0 spiro atoms. The van der Waals surface area contributed by atoms with Crippen LogP contribution in [0.2, 0.25) is 0 Å². The van der Waals surface area contributed by atoms with E-state index in [1.165, 1.54) is 24.8 Å². The summed E-state index contributed by atoms with van der Waals surface area (Å²) < 4.78 is 1.88. The Labute approximate surface area is 132 Å². The van der Waals surface area contributed by atoms with Crippen molar-refractivity contribution in [3.8, 4) is 17.3 Å². The summed E-state index contributed by atoms with van der Waals surface area (Å²) >= 11 is 0. The number of nitriles is 1. The van der Waals surface area contributed by atoms with Gasteiger partial charge in [-0.15, -0.1) is 0 Å². The molecular formula is C18H24N4. The van der Waals surface area contributed by atoms with Crippen LogP contribution in [0.1, 0.15) is 38.2 Å². The largest absolute Gasteiger partial charge is 0.313 e. The highest BCUT2D eigenvalue weighted by Gasteiger charge is 2.10. The lowest BCUT2D eigenvalue weighted by atomic mass is 10.1. The van der Waals surface area contributed by atoms with Gasteiger partial charge in [-0.3, -0.25) is 4.68 Å². The monoisotopic (exact) mass is 296 g/mol. The Morgan fingerprint density at radius 1 is 1.23 bits per heavy atom. The van der Waals surface area contributed by atoms with Gasteiger partial charge in [-0.05, 0) is 13.0 Å². The van der Waals surface area contributed by atoms with Crippen molar-refractivity contribution in [2.75, 3.05) is 6.54 Å². The summed E-state index contributed by atoms with van der Waals surface area (Å²) in [7, 11) is 0. The average molecular weight is 296 g/mol. The molecule has 4 nitrogen and oxygen atoms in total. The molecule has 1 N–H and O–H groups in total. The predicted molar refractivity (Wildman–Crippen MR) is 89.1 cm³/mol. The van der Waals surface area contributed by atoms with Gasteiger partial charge in [-0.1, -0.05) is 50.1 Å². The third kappa shape index (κ3) is 4.71. The predicted octanol–water partition coefficient (Wildman–Crippen LogP) is 3.74. The van der Waals surface area contributed by atoms with Gasteiger partial charge in [0.1, 0.15) is 0 Å². The van der Waals surface area contributed by atoms with Crippen LogP contribution in [0.4, 0.5) is 0 Å². The van der Waals surface area contributed by atoms with Crippen LogP contribution >= 0.6 is 0 Å². The molecule has 1 aromatic heterocycles. The van der Waals surface area contributed by atoms with Crippen LogP contribution in [0.15, 0.2) is 36.5 Å². The maximum Gasteiger partial charge on any atom is 0.0968 e. The molecule has 0 saturated heterocycles. The van der Waals surface area contributed by atoms with E-state index in [-0.39, 0.29) is 0 Å². The van der Waals surface area contributed by atoms with Gasteiger partial charge >= 0.3 is 0 Å². The SMILES string of the molecule is CCCCCNCc1cn(CCC#N)nc1-c1ccccc1. The summed E-state index contributed by atoms with van der Waals surface area (Å²) in [4.78, 5) is 0. The Hall–Kier alpha value is -2.12. The first-order valence-corrected chi connectivity index (χ1v) is 8.04. The molecule has 116 valence electrons. The number of unbranched alkanes of at least 4 members (excludes halogenated alkanes) is 2. The second-order valence-corrected chi connectivity index (χ2v) is 5.42. The standard InChI is InChI=1S/C18H24N4/c1-2-3-7-12-20-14-17-15-22(13-8-11-19)21-18(17)16-9-5-4-6-10-16/h4-6,9-10,15,20H,2-3,7-8,12-14H2,1H3. The number of benzene rings is 1. The third-order valence-corrected chi connectivity index (χ3v) is 3.61. The summed E-state index contributed by atoms with van der Waals surface area (Å²) in [6.45, 7) is 4.71. The van der Waals surface area contributed by atoms with Crippen LogP contribution in [-0.2, 0) is 13.1 Å². The first-order chi connectivity index (χ1) is 10.8. The molecule has 0 saturated carbocycles. The van der Waals surface area contributed by atoms with E-state index in [9.17, 15) is 0 Å². The third-order valence-electron chi connectivity index (χ3n) is 3.61. The van der Waals surface area contributed by atoms with Gasteiger partial charge in [0, 0.05) is 23.9 Å². The Balaban J connectivity index is 2.08. The van der Waals surface area contributed by atoms with E-state index in [0.29, 0.717) is 13.0 Å². The molecule has 0 radical (unpaired) electrons. The number of rotatable bonds is 9. The Bertz CT molecular complexity index is 595. The zero-order valence-electron chi connectivity index (χ0n) is 13.3. The van der Waals surface area contributed by atoms with Gasteiger partial charge in [0.15, 0.2) is 0 Å². The van der Waals surface area contributed by atoms with E-state index in [1.54, 1.807) is 0 Å². The van der Waals surface area contributed by atoms with Crippen molar-refractivity contribution < 1.29 is 0 Å². The lowest BCUT2D eigenvalue weighted by Crippen LogP contribution is -2.14. The van der Waals surface area contributed by atoms with Gasteiger partial charge in [-0.2, -0.15) is 10.4 Å². The van der Waals surface area contributed by atoms with Crippen molar-refractivity contribution in [2.45, 2.75) is 45.7 Å². The molecule has 0 atom stereocenters. The Morgan fingerprint density at radius 3 is 2.77 bits per heavy atom. The first kappa shape index (κ1) is 16.3. The molecule has 0 fully saturated rings. The lowest BCUT2D eigenvalue weighted by molar-refractivity contribution is 0.612. The number of nitrogens with zero attached hydrogens (tertiary/aromatic N) is 3. The molecule has 2 rings (SSSR count). The molecule has 0 aliphatic carbocycles. The number of hydrogen-bond acceptors (Lipinski definition) is 3. The van der Waals surface area contributed by atoms with E-state index in [1.807, 2.05) is 22.9 Å². The summed E-state index contributed by atoms with van der Waals surface area (Å²) in [5.74, 6) is 0. The van der Waals surface area contributed by atoms with Crippen molar-refractivity contribution in [1.82, 2.24) is 15.1 Å². The van der Waals surface area contributed by atoms with Gasteiger partial charge in [0.2, 0.25) is 0 Å². The van der Waals surface area contributed by atoms with E-state index >= 15 is 0 Å². The van der Waals surface area contributed by atoms with Gasteiger partial charge in [0.25, 0.3) is 0 Å². The highest BCUT2D eigenvalue weighted by atomic mass is 15.3. The van der Waals surface area contributed by atoms with E-state index in [0.717, 1.165) is 24.3 Å². The summed E-state index contributed by atoms with van der Waals surface area (Å²) in [6, 6.07) is 12.4. The number of aryl methyl sites for hydroxylation is 1. The lowest BCUT2D eigenvalue weighted by Gasteiger charge is -2.04. The van der Waals surface area contributed by atoms with Crippen molar-refractivity contribution in [1.29, 1.82) is 5.26 Å². The van der Waals surface area contributed by atoms with Crippen molar-refractivity contribution in [3.63, 3.8) is 0 Å². The Kier molecular flexibility index (Phi) is 6.66. The molecule has 0 aliphatic heterocycles. The molecular weight excluding hydrogens is 272 g/mol. The Morgan fingerprint density at radius 2 is 2.05 bits per heavy atom. The second-order valence-electron chi connectivity index (χ2n) is 5.42. The minimum absolute atomic E-state index is 0.485. The minimum Gasteiger partial charge on any atom is -0.313 e. The van der Waals surface area contributed by atoms with Gasteiger partial charge in [-0.25, -0.2) is 0 Å². The fraction of sp³-hybridized carbons (Fsp3) is 0.444. The normalized spacial score (nSPS) is 10.5. The summed E-state index contributed by atoms with van der Waals surface area (Å²) in [6.07, 6.45) is 6.26. The molecule has 1 heterocycles. The van der Waals surface area contributed by atoms with Crippen LogP contribution in [0.3, 0.4) is 0 Å². The van der Waals surface area contributed by atoms with Crippen LogP contribution < -0.4 is 5.32 Å². The van der Waals surface area contributed by atoms with Crippen LogP contribution in [0.5, 0.6) is 0 Å². The molecule has 0 bridgehead atoms. The van der Waals surface area contributed by atoms with Crippen LogP contribution in [0, 0.1) is 11.3 Å². The van der Waals surface area contributed by atoms with Gasteiger partial charge < -0.3 is 5.32 Å². The molecule has 2 aromatic rings. The first-order valence-electron chi connectivity index (χ1n) is 8.04. The number of nitrogens with one attached hydrogen (secondary N) is 1. The molecule has 1 aromatic carbocycles. The number of hydrogen-bond donors (Lipinski definition) is 1. The highest BCUT2D eigenvalue weighted by molar-refractivity contribution is 5.62. The van der Waals surface area contributed by atoms with E-state index in [4.69, 9.17) is 5.26 Å². The van der Waals surface area contributed by atoms with E-state index in [2.05, 4.69) is 41.7 Å². The zero-order valence-corrected chi connectivity index (χ0v) is 13.3. The fourth-order valence-electron chi connectivity index (χ4n) is 2.43. The maximum absolute atomic E-state index is 8.74. The molecule has 22 heavy (non-hydrogen) atoms. The van der Waals surface area contributed by atoms with Crippen LogP contribution in [-0.4, -0.2) is 16.3 Å². The quantitative estimate of drug-likeness (QED) is 0.717. The van der Waals surface area contributed by atoms with Crippen LogP contribution in [0.25, 0.3) is 11.3 Å². The van der Waals surface area contributed by atoms with Crippen molar-refractivity contribution >= 4 is 0 Å². The second kappa shape index (κ2) is 9.01. The topological polar surface area (TPSA) is 53.6 Å². The summed E-state index contributed by atoms with van der Waals surface area (Å²) in [5.41, 5.74) is 3.34. The maximum atomic E-state index is 8.74. The molecule has 0 unspecified atom stereocenters. The fourth-order valence-corrected chi connectivity index (χ4v) is 2.43. The average Bonchev–Trinajstić information content (AvgIpc) is 2.97. The number of aromatic nitrogens is 2. The molecule has 0 aliphatic rings. The van der Waals surface area contributed by atoms with Gasteiger partial charge in [0.05, 0.1) is 24.7 Å². The highest BCUT2D eigenvalue weighted by Crippen LogP contribution is 2.22.